The number of nitrogens with one attached hydrogen (secondary N) is 1. The van der Waals surface area contributed by atoms with Crippen molar-refractivity contribution in [3.63, 3.8) is 0 Å². The van der Waals surface area contributed by atoms with Gasteiger partial charge in [0, 0.05) is 30.9 Å². The quantitative estimate of drug-likeness (QED) is 0.923. The summed E-state index contributed by atoms with van der Waals surface area (Å²) in [4.78, 5) is 14.4. The fourth-order valence-corrected chi connectivity index (χ4v) is 2.56. The van der Waals surface area contributed by atoms with Crippen LogP contribution in [0.15, 0.2) is 18.2 Å². The molecule has 1 aromatic rings. The number of rotatable bonds is 3. The summed E-state index contributed by atoms with van der Waals surface area (Å²) in [5.41, 5.74) is 2.69. The van der Waals surface area contributed by atoms with Gasteiger partial charge in [-0.05, 0) is 51.5 Å². The van der Waals surface area contributed by atoms with E-state index in [1.165, 1.54) is 0 Å². The average Bonchev–Trinajstić information content (AvgIpc) is 2.39. The number of hydrogen-bond donors (Lipinski definition) is 1. The van der Waals surface area contributed by atoms with E-state index in [1.54, 1.807) is 0 Å². The Bertz CT molecular complexity index is 497. The predicted octanol–water partition coefficient (Wildman–Crippen LogP) is 2.68. The van der Waals surface area contributed by atoms with Crippen LogP contribution in [0.4, 0.5) is 5.69 Å². The Hall–Kier alpha value is -1.55. The number of aryl methyl sites for hydroxylation is 1. The molecule has 0 spiro atoms. The molecule has 0 aliphatic carbocycles. The molecule has 110 valence electrons. The number of benzene rings is 1. The Morgan fingerprint density at radius 3 is 2.80 bits per heavy atom. The SMILES string of the molecule is CCNc1ccc(C(=O)N2CCOC(C)(C)C2)cc1C. The fourth-order valence-electron chi connectivity index (χ4n) is 2.56. The minimum atomic E-state index is -0.257. The molecule has 1 N–H and O–H groups in total. The van der Waals surface area contributed by atoms with Gasteiger partial charge in [0.05, 0.1) is 12.2 Å². The predicted molar refractivity (Wildman–Crippen MR) is 81.3 cm³/mol. The number of carbonyl (C=O) groups is 1. The molecule has 1 aliphatic rings. The van der Waals surface area contributed by atoms with Crippen LogP contribution in [0.5, 0.6) is 0 Å². The lowest BCUT2D eigenvalue weighted by Gasteiger charge is -2.38. The molecule has 1 amide bonds. The van der Waals surface area contributed by atoms with Gasteiger partial charge in [0.15, 0.2) is 0 Å². The molecule has 0 atom stereocenters. The molecule has 4 nitrogen and oxygen atoms in total. The van der Waals surface area contributed by atoms with Gasteiger partial charge in [0.25, 0.3) is 5.91 Å². The van der Waals surface area contributed by atoms with E-state index in [-0.39, 0.29) is 11.5 Å². The highest BCUT2D eigenvalue weighted by atomic mass is 16.5. The van der Waals surface area contributed by atoms with Crippen molar-refractivity contribution in [1.82, 2.24) is 4.90 Å². The van der Waals surface area contributed by atoms with Crippen molar-refractivity contribution in [2.45, 2.75) is 33.3 Å². The summed E-state index contributed by atoms with van der Waals surface area (Å²) >= 11 is 0. The first kappa shape index (κ1) is 14.9. The molecule has 20 heavy (non-hydrogen) atoms. The van der Waals surface area contributed by atoms with E-state index in [0.29, 0.717) is 19.7 Å². The first-order valence-corrected chi connectivity index (χ1v) is 7.21. The normalized spacial score (nSPS) is 17.9. The van der Waals surface area contributed by atoms with Crippen molar-refractivity contribution in [3.05, 3.63) is 29.3 Å². The Balaban J connectivity index is 2.15. The second-order valence-electron chi connectivity index (χ2n) is 5.89. The van der Waals surface area contributed by atoms with Crippen LogP contribution in [0.2, 0.25) is 0 Å². The van der Waals surface area contributed by atoms with Crippen molar-refractivity contribution in [1.29, 1.82) is 0 Å². The van der Waals surface area contributed by atoms with Gasteiger partial charge in [-0.3, -0.25) is 4.79 Å². The molecule has 1 aromatic carbocycles. The summed E-state index contributed by atoms with van der Waals surface area (Å²) in [5, 5.41) is 3.29. The minimum absolute atomic E-state index is 0.0903. The zero-order valence-electron chi connectivity index (χ0n) is 12.8. The molecule has 0 bridgehead atoms. The molecule has 1 aliphatic heterocycles. The second kappa shape index (κ2) is 5.83. The number of morpholine rings is 1. The monoisotopic (exact) mass is 276 g/mol. The molecule has 0 unspecified atom stereocenters. The Labute approximate surface area is 121 Å². The maximum Gasteiger partial charge on any atom is 0.254 e. The van der Waals surface area contributed by atoms with Gasteiger partial charge in [-0.1, -0.05) is 0 Å². The number of hydrogen-bond acceptors (Lipinski definition) is 3. The highest BCUT2D eigenvalue weighted by Crippen LogP contribution is 2.21. The van der Waals surface area contributed by atoms with Crippen LogP contribution in [0.3, 0.4) is 0 Å². The number of carbonyl (C=O) groups excluding carboxylic acids is 1. The average molecular weight is 276 g/mol. The minimum Gasteiger partial charge on any atom is -0.385 e. The van der Waals surface area contributed by atoms with Crippen LogP contribution < -0.4 is 5.32 Å². The molecule has 1 saturated heterocycles. The Morgan fingerprint density at radius 1 is 1.45 bits per heavy atom. The maximum absolute atomic E-state index is 12.6. The summed E-state index contributed by atoms with van der Waals surface area (Å²) in [6.07, 6.45) is 0. The summed E-state index contributed by atoms with van der Waals surface area (Å²) in [7, 11) is 0. The summed E-state index contributed by atoms with van der Waals surface area (Å²) in [5.74, 6) is 0.0903. The molecule has 4 heteroatoms. The molecule has 2 rings (SSSR count). The highest BCUT2D eigenvalue weighted by Gasteiger charge is 2.30. The van der Waals surface area contributed by atoms with E-state index in [4.69, 9.17) is 4.74 Å². The van der Waals surface area contributed by atoms with Gasteiger partial charge in [-0.2, -0.15) is 0 Å². The van der Waals surface area contributed by atoms with Gasteiger partial charge >= 0.3 is 0 Å². The first-order chi connectivity index (χ1) is 9.43. The van der Waals surface area contributed by atoms with Gasteiger partial charge in [-0.15, -0.1) is 0 Å². The van der Waals surface area contributed by atoms with Crippen molar-refractivity contribution in [2.24, 2.45) is 0 Å². The number of nitrogens with zero attached hydrogens (tertiary/aromatic N) is 1. The molecule has 0 saturated carbocycles. The first-order valence-electron chi connectivity index (χ1n) is 7.21. The van der Waals surface area contributed by atoms with Crippen molar-refractivity contribution in [3.8, 4) is 0 Å². The zero-order valence-corrected chi connectivity index (χ0v) is 12.8. The largest absolute Gasteiger partial charge is 0.385 e. The number of amides is 1. The third-order valence-corrected chi connectivity index (χ3v) is 3.55. The fraction of sp³-hybridized carbons (Fsp3) is 0.562. The maximum atomic E-state index is 12.6. The van der Waals surface area contributed by atoms with E-state index in [9.17, 15) is 4.79 Å². The van der Waals surface area contributed by atoms with Crippen LogP contribution in [0, 0.1) is 6.92 Å². The summed E-state index contributed by atoms with van der Waals surface area (Å²) < 4.78 is 5.65. The lowest BCUT2D eigenvalue weighted by Crippen LogP contribution is -2.50. The van der Waals surface area contributed by atoms with Crippen molar-refractivity contribution >= 4 is 11.6 Å². The van der Waals surface area contributed by atoms with Crippen molar-refractivity contribution in [2.75, 3.05) is 31.6 Å². The van der Waals surface area contributed by atoms with Crippen molar-refractivity contribution < 1.29 is 9.53 Å². The van der Waals surface area contributed by atoms with Crippen LogP contribution in [-0.4, -0.2) is 42.6 Å². The van der Waals surface area contributed by atoms with Gasteiger partial charge in [0.2, 0.25) is 0 Å². The van der Waals surface area contributed by atoms with E-state index < -0.39 is 0 Å². The number of anilines is 1. The topological polar surface area (TPSA) is 41.6 Å². The van der Waals surface area contributed by atoms with E-state index >= 15 is 0 Å². The van der Waals surface area contributed by atoms with Gasteiger partial charge in [-0.25, -0.2) is 0 Å². The molecule has 1 fully saturated rings. The number of ether oxygens (including phenoxy) is 1. The van der Waals surface area contributed by atoms with Gasteiger partial charge < -0.3 is 15.0 Å². The van der Waals surface area contributed by atoms with Gasteiger partial charge in [0.1, 0.15) is 0 Å². The molecular weight excluding hydrogens is 252 g/mol. The Kier molecular flexibility index (Phi) is 4.33. The third-order valence-electron chi connectivity index (χ3n) is 3.55. The molecule has 0 radical (unpaired) electrons. The zero-order chi connectivity index (χ0) is 14.8. The molecule has 0 aromatic heterocycles. The van der Waals surface area contributed by atoms with E-state index in [1.807, 2.05) is 43.9 Å². The second-order valence-corrected chi connectivity index (χ2v) is 5.89. The van der Waals surface area contributed by atoms with Crippen LogP contribution in [0.25, 0.3) is 0 Å². The van der Waals surface area contributed by atoms with E-state index in [0.717, 1.165) is 23.4 Å². The molecular formula is C16H24N2O2. The van der Waals surface area contributed by atoms with Crippen LogP contribution >= 0.6 is 0 Å². The van der Waals surface area contributed by atoms with E-state index in [2.05, 4.69) is 12.2 Å². The Morgan fingerprint density at radius 2 is 2.20 bits per heavy atom. The lowest BCUT2D eigenvalue weighted by molar-refractivity contribution is -0.0764. The highest BCUT2D eigenvalue weighted by molar-refractivity contribution is 5.95. The van der Waals surface area contributed by atoms with Crippen LogP contribution in [-0.2, 0) is 4.74 Å². The van der Waals surface area contributed by atoms with Crippen LogP contribution in [0.1, 0.15) is 36.7 Å². The third kappa shape index (κ3) is 3.31. The lowest BCUT2D eigenvalue weighted by atomic mass is 10.0. The summed E-state index contributed by atoms with van der Waals surface area (Å²) in [6.45, 7) is 10.9. The molecule has 1 heterocycles. The smallest absolute Gasteiger partial charge is 0.254 e. The standard InChI is InChI=1S/C16H24N2O2/c1-5-17-14-7-6-13(10-12(14)2)15(19)18-8-9-20-16(3,4)11-18/h6-7,10,17H,5,8-9,11H2,1-4H3. The summed E-state index contributed by atoms with van der Waals surface area (Å²) in [6, 6.07) is 5.84.